The van der Waals surface area contributed by atoms with Crippen LogP contribution in [-0.2, 0) is 0 Å². The van der Waals surface area contributed by atoms with Crippen molar-refractivity contribution in [2.45, 2.75) is 6.92 Å². The van der Waals surface area contributed by atoms with Crippen LogP contribution in [0.25, 0.3) is 0 Å². The Balaban J connectivity index is 2.11. The molecule has 0 saturated heterocycles. The molecule has 0 heterocycles. The fourth-order valence-corrected chi connectivity index (χ4v) is 2.44. The minimum absolute atomic E-state index is 0.263. The lowest BCUT2D eigenvalue weighted by Gasteiger charge is -2.08. The fraction of sp³-hybridized carbons (Fsp3) is 0.176. The van der Waals surface area contributed by atoms with E-state index in [2.05, 4.69) is 33.1 Å². The van der Waals surface area contributed by atoms with Gasteiger partial charge in [-0.05, 0) is 65.9 Å². The van der Waals surface area contributed by atoms with Crippen LogP contribution in [0.15, 0.2) is 47.6 Å². The number of nitrogens with one attached hydrogen (secondary N) is 1. The lowest BCUT2D eigenvalue weighted by Crippen LogP contribution is -2.17. The van der Waals surface area contributed by atoms with Gasteiger partial charge < -0.3 is 9.47 Å². The summed E-state index contributed by atoms with van der Waals surface area (Å²) in [6.07, 6.45) is 1.54. The maximum atomic E-state index is 12.0. The van der Waals surface area contributed by atoms with Gasteiger partial charge in [-0.2, -0.15) is 5.10 Å². The highest BCUT2D eigenvalue weighted by molar-refractivity contribution is 14.1. The zero-order chi connectivity index (χ0) is 16.7. The van der Waals surface area contributed by atoms with E-state index in [-0.39, 0.29) is 5.91 Å². The van der Waals surface area contributed by atoms with Crippen LogP contribution in [0.1, 0.15) is 22.8 Å². The molecule has 1 N–H and O–H groups in total. The quantitative estimate of drug-likeness (QED) is 0.439. The van der Waals surface area contributed by atoms with E-state index in [1.54, 1.807) is 31.5 Å². The van der Waals surface area contributed by atoms with Crippen molar-refractivity contribution in [1.82, 2.24) is 5.43 Å². The van der Waals surface area contributed by atoms with E-state index in [1.807, 2.05) is 31.2 Å². The third-order valence-electron chi connectivity index (χ3n) is 2.97. The molecule has 0 aromatic heterocycles. The first-order valence-electron chi connectivity index (χ1n) is 7.04. The molecular formula is C17H17IN2O3. The van der Waals surface area contributed by atoms with Crippen molar-refractivity contribution in [2.75, 3.05) is 13.7 Å². The Hall–Kier alpha value is -2.09. The van der Waals surface area contributed by atoms with Crippen LogP contribution < -0.4 is 14.9 Å². The number of hydrogen-bond acceptors (Lipinski definition) is 4. The monoisotopic (exact) mass is 424 g/mol. The van der Waals surface area contributed by atoms with Gasteiger partial charge in [0.15, 0.2) is 0 Å². The van der Waals surface area contributed by atoms with Crippen molar-refractivity contribution in [2.24, 2.45) is 5.10 Å². The average molecular weight is 424 g/mol. The summed E-state index contributed by atoms with van der Waals surface area (Å²) in [5.41, 5.74) is 3.80. The van der Waals surface area contributed by atoms with Gasteiger partial charge in [-0.15, -0.1) is 0 Å². The number of rotatable bonds is 6. The number of amides is 1. The van der Waals surface area contributed by atoms with Crippen molar-refractivity contribution >= 4 is 34.7 Å². The summed E-state index contributed by atoms with van der Waals surface area (Å²) in [7, 11) is 1.59. The van der Waals surface area contributed by atoms with Crippen LogP contribution in [0.2, 0.25) is 0 Å². The van der Waals surface area contributed by atoms with Gasteiger partial charge in [0.1, 0.15) is 11.5 Å². The summed E-state index contributed by atoms with van der Waals surface area (Å²) in [5, 5.41) is 4.00. The number of methoxy groups -OCH3 is 1. The number of carbonyl (C=O) groups excluding carboxylic acids is 1. The minimum Gasteiger partial charge on any atom is -0.497 e. The molecule has 0 unspecified atom stereocenters. The van der Waals surface area contributed by atoms with E-state index in [4.69, 9.17) is 9.47 Å². The van der Waals surface area contributed by atoms with Gasteiger partial charge in [0, 0.05) is 14.7 Å². The number of ether oxygens (including phenoxy) is 2. The highest BCUT2D eigenvalue weighted by Gasteiger charge is 2.06. The third kappa shape index (κ3) is 4.95. The van der Waals surface area contributed by atoms with Crippen molar-refractivity contribution in [1.29, 1.82) is 0 Å². The van der Waals surface area contributed by atoms with Gasteiger partial charge in [-0.25, -0.2) is 5.43 Å². The Labute approximate surface area is 148 Å². The SMILES string of the molecule is CCOc1ccc(OC)cc1/C=N\NC(=O)c1cccc(I)c1. The number of hydrazone groups is 1. The highest BCUT2D eigenvalue weighted by Crippen LogP contribution is 2.22. The van der Waals surface area contributed by atoms with Crippen molar-refractivity contribution in [3.05, 3.63) is 57.2 Å². The molecule has 0 spiro atoms. The Kier molecular flexibility index (Phi) is 6.40. The molecular weight excluding hydrogens is 407 g/mol. The first kappa shape index (κ1) is 17.3. The second-order valence-electron chi connectivity index (χ2n) is 4.55. The molecule has 2 rings (SSSR count). The van der Waals surface area contributed by atoms with Crippen molar-refractivity contribution in [3.8, 4) is 11.5 Å². The van der Waals surface area contributed by atoms with Gasteiger partial charge >= 0.3 is 0 Å². The summed E-state index contributed by atoms with van der Waals surface area (Å²) in [5.74, 6) is 1.11. The molecule has 0 atom stereocenters. The number of nitrogens with zero attached hydrogens (tertiary/aromatic N) is 1. The average Bonchev–Trinajstić information content (AvgIpc) is 2.56. The van der Waals surface area contributed by atoms with E-state index in [0.29, 0.717) is 23.7 Å². The van der Waals surface area contributed by atoms with Gasteiger partial charge in [0.2, 0.25) is 0 Å². The largest absolute Gasteiger partial charge is 0.497 e. The van der Waals surface area contributed by atoms with Crippen LogP contribution in [0.4, 0.5) is 0 Å². The van der Waals surface area contributed by atoms with Crippen molar-refractivity contribution < 1.29 is 14.3 Å². The van der Waals surface area contributed by atoms with E-state index in [1.165, 1.54) is 0 Å². The third-order valence-corrected chi connectivity index (χ3v) is 3.64. The zero-order valence-electron chi connectivity index (χ0n) is 12.9. The molecule has 0 aliphatic carbocycles. The summed E-state index contributed by atoms with van der Waals surface area (Å²) < 4.78 is 11.7. The van der Waals surface area contributed by atoms with Crippen LogP contribution >= 0.6 is 22.6 Å². The van der Waals surface area contributed by atoms with Gasteiger partial charge in [0.05, 0.1) is 19.9 Å². The maximum absolute atomic E-state index is 12.0. The predicted molar refractivity (Wildman–Crippen MR) is 98.4 cm³/mol. The van der Waals surface area contributed by atoms with E-state index < -0.39 is 0 Å². The molecule has 0 aliphatic rings. The van der Waals surface area contributed by atoms with E-state index >= 15 is 0 Å². The molecule has 1 amide bonds. The summed E-state index contributed by atoms with van der Waals surface area (Å²) >= 11 is 2.16. The molecule has 120 valence electrons. The smallest absolute Gasteiger partial charge is 0.271 e. The second kappa shape index (κ2) is 8.52. The van der Waals surface area contributed by atoms with E-state index in [9.17, 15) is 4.79 Å². The normalized spacial score (nSPS) is 10.6. The maximum Gasteiger partial charge on any atom is 0.271 e. The number of hydrogen-bond donors (Lipinski definition) is 1. The number of benzene rings is 2. The fourth-order valence-electron chi connectivity index (χ4n) is 1.90. The van der Waals surface area contributed by atoms with Gasteiger partial charge in [0.25, 0.3) is 5.91 Å². The molecule has 0 fully saturated rings. The highest BCUT2D eigenvalue weighted by atomic mass is 127. The molecule has 0 radical (unpaired) electrons. The van der Waals surface area contributed by atoms with Crippen LogP contribution in [0.5, 0.6) is 11.5 Å². The Bertz CT molecular complexity index is 717. The zero-order valence-corrected chi connectivity index (χ0v) is 15.0. The first-order chi connectivity index (χ1) is 11.1. The molecule has 0 bridgehead atoms. The van der Waals surface area contributed by atoms with Crippen molar-refractivity contribution in [3.63, 3.8) is 0 Å². The molecule has 0 saturated carbocycles. The Morgan fingerprint density at radius 3 is 2.83 bits per heavy atom. The lowest BCUT2D eigenvalue weighted by atomic mass is 10.2. The Morgan fingerprint density at radius 2 is 2.13 bits per heavy atom. The van der Waals surface area contributed by atoms with Gasteiger partial charge in [-0.1, -0.05) is 6.07 Å². The van der Waals surface area contributed by atoms with Crippen LogP contribution in [-0.4, -0.2) is 25.8 Å². The summed E-state index contributed by atoms with van der Waals surface area (Å²) in [4.78, 5) is 12.0. The summed E-state index contributed by atoms with van der Waals surface area (Å²) in [6, 6.07) is 12.7. The van der Waals surface area contributed by atoms with Crippen LogP contribution in [0, 0.1) is 3.57 Å². The number of halogens is 1. The molecule has 23 heavy (non-hydrogen) atoms. The van der Waals surface area contributed by atoms with Gasteiger partial charge in [-0.3, -0.25) is 4.79 Å². The topological polar surface area (TPSA) is 59.9 Å². The standard InChI is InChI=1S/C17H17IN2O3/c1-3-23-16-8-7-15(22-2)10-13(16)11-19-20-17(21)12-5-4-6-14(18)9-12/h4-11H,3H2,1-2H3,(H,20,21)/b19-11-. The van der Waals surface area contributed by atoms with Crippen LogP contribution in [0.3, 0.4) is 0 Å². The molecule has 2 aromatic carbocycles. The second-order valence-corrected chi connectivity index (χ2v) is 5.79. The molecule has 0 aliphatic heterocycles. The lowest BCUT2D eigenvalue weighted by molar-refractivity contribution is 0.0955. The predicted octanol–water partition coefficient (Wildman–Crippen LogP) is 3.46. The first-order valence-corrected chi connectivity index (χ1v) is 8.11. The van der Waals surface area contributed by atoms with E-state index in [0.717, 1.165) is 9.13 Å². The number of carbonyl (C=O) groups is 1. The Morgan fingerprint density at radius 1 is 1.30 bits per heavy atom. The molecule has 2 aromatic rings. The minimum atomic E-state index is -0.263. The summed E-state index contributed by atoms with van der Waals surface area (Å²) in [6.45, 7) is 2.45. The molecule has 5 nitrogen and oxygen atoms in total. The molecule has 6 heteroatoms.